The molecule has 0 bridgehead atoms. The molecule has 0 fully saturated rings. The highest BCUT2D eigenvalue weighted by Gasteiger charge is 2.35. The molecule has 0 aliphatic heterocycles. The summed E-state index contributed by atoms with van der Waals surface area (Å²) in [6, 6.07) is 0. The van der Waals surface area contributed by atoms with Gasteiger partial charge in [0.05, 0.1) is 16.7 Å². The number of hydrogen-bond acceptors (Lipinski definition) is 5. The topological polar surface area (TPSA) is 82.3 Å². The lowest BCUT2D eigenvalue weighted by atomic mass is 10.1. The normalized spacial score (nSPS) is 11.2. The standard InChI is InChI=1S/C8H4ClF3N2O4/c1-3-5(14(16)17)4(6(9)15)2-13-7(3)18-8(10,11)12/h2H,1H3. The third kappa shape index (κ3) is 3.06. The van der Waals surface area contributed by atoms with E-state index in [4.69, 9.17) is 11.6 Å². The van der Waals surface area contributed by atoms with Crippen LogP contribution in [0.3, 0.4) is 0 Å². The van der Waals surface area contributed by atoms with Gasteiger partial charge in [-0.1, -0.05) is 0 Å². The van der Waals surface area contributed by atoms with Gasteiger partial charge in [-0.25, -0.2) is 4.98 Å². The van der Waals surface area contributed by atoms with E-state index in [1.807, 2.05) is 0 Å². The largest absolute Gasteiger partial charge is 0.574 e. The molecule has 0 unspecified atom stereocenters. The molecule has 0 saturated carbocycles. The predicted molar refractivity (Wildman–Crippen MR) is 52.5 cm³/mol. The van der Waals surface area contributed by atoms with E-state index in [-0.39, 0.29) is 0 Å². The Labute approximate surface area is 102 Å². The molecule has 0 radical (unpaired) electrons. The fourth-order valence-corrected chi connectivity index (χ4v) is 1.31. The summed E-state index contributed by atoms with van der Waals surface area (Å²) in [6.07, 6.45) is -4.49. The fourth-order valence-electron chi connectivity index (χ4n) is 1.18. The molecule has 98 valence electrons. The number of hydrogen-bond donors (Lipinski definition) is 0. The van der Waals surface area contributed by atoms with Gasteiger partial charge < -0.3 is 4.74 Å². The van der Waals surface area contributed by atoms with E-state index in [2.05, 4.69) is 9.72 Å². The minimum atomic E-state index is -5.04. The van der Waals surface area contributed by atoms with Gasteiger partial charge in [0.15, 0.2) is 0 Å². The van der Waals surface area contributed by atoms with Crippen molar-refractivity contribution in [2.45, 2.75) is 13.3 Å². The Hall–Kier alpha value is -1.90. The molecule has 0 saturated heterocycles. The maximum atomic E-state index is 12.0. The van der Waals surface area contributed by atoms with Crippen molar-refractivity contribution in [3.63, 3.8) is 0 Å². The van der Waals surface area contributed by atoms with Crippen molar-refractivity contribution >= 4 is 22.5 Å². The van der Waals surface area contributed by atoms with E-state index in [1.165, 1.54) is 0 Å². The summed E-state index contributed by atoms with van der Waals surface area (Å²) in [5.41, 5.74) is -2.01. The molecule has 0 aliphatic rings. The molecule has 6 nitrogen and oxygen atoms in total. The molecular weight excluding hydrogens is 281 g/mol. The third-order valence-electron chi connectivity index (χ3n) is 1.85. The summed E-state index contributed by atoms with van der Waals surface area (Å²) in [6.45, 7) is 0.968. The zero-order valence-electron chi connectivity index (χ0n) is 8.62. The van der Waals surface area contributed by atoms with Gasteiger partial charge in [-0.3, -0.25) is 14.9 Å². The second kappa shape index (κ2) is 4.77. The van der Waals surface area contributed by atoms with E-state index in [9.17, 15) is 28.1 Å². The predicted octanol–water partition coefficient (Wildman–Crippen LogP) is 2.58. The molecule has 1 aromatic rings. The average molecular weight is 285 g/mol. The Bertz CT molecular complexity index is 518. The van der Waals surface area contributed by atoms with E-state index >= 15 is 0 Å². The quantitative estimate of drug-likeness (QED) is 0.484. The molecule has 1 aromatic heterocycles. The maximum Gasteiger partial charge on any atom is 0.574 e. The highest BCUT2D eigenvalue weighted by Crippen LogP contribution is 2.32. The Morgan fingerprint density at radius 1 is 1.56 bits per heavy atom. The molecule has 10 heteroatoms. The second-order valence-electron chi connectivity index (χ2n) is 3.03. The number of pyridine rings is 1. The first kappa shape index (κ1) is 14.2. The summed E-state index contributed by atoms with van der Waals surface area (Å²) in [4.78, 5) is 23.7. The van der Waals surface area contributed by atoms with Crippen molar-refractivity contribution in [1.82, 2.24) is 4.98 Å². The minimum Gasteiger partial charge on any atom is -0.387 e. The number of nitro groups is 1. The highest BCUT2D eigenvalue weighted by molar-refractivity contribution is 6.68. The van der Waals surface area contributed by atoms with Crippen LogP contribution in [0.1, 0.15) is 15.9 Å². The summed E-state index contributed by atoms with van der Waals surface area (Å²) in [5.74, 6) is -1.00. The number of carbonyl (C=O) groups is 1. The first-order valence-electron chi connectivity index (χ1n) is 4.23. The van der Waals surface area contributed by atoms with Gasteiger partial charge in [-0.15, -0.1) is 13.2 Å². The number of rotatable bonds is 3. The van der Waals surface area contributed by atoms with Crippen molar-refractivity contribution in [3.05, 3.63) is 27.4 Å². The number of alkyl halides is 3. The molecule has 18 heavy (non-hydrogen) atoms. The number of halogens is 4. The number of carbonyl (C=O) groups excluding carboxylic acids is 1. The molecule has 0 atom stereocenters. The molecule has 0 aliphatic carbocycles. The van der Waals surface area contributed by atoms with Crippen molar-refractivity contribution in [2.24, 2.45) is 0 Å². The number of nitrogens with zero attached hydrogens (tertiary/aromatic N) is 2. The second-order valence-corrected chi connectivity index (χ2v) is 3.37. The van der Waals surface area contributed by atoms with Crippen LogP contribution in [0.25, 0.3) is 0 Å². The van der Waals surface area contributed by atoms with Crippen LogP contribution in [0.5, 0.6) is 5.88 Å². The Morgan fingerprint density at radius 2 is 2.11 bits per heavy atom. The van der Waals surface area contributed by atoms with Gasteiger partial charge in [-0.05, 0) is 18.5 Å². The summed E-state index contributed by atoms with van der Waals surface area (Å²) >= 11 is 5.06. The number of aromatic nitrogens is 1. The fraction of sp³-hybridized carbons (Fsp3) is 0.250. The van der Waals surface area contributed by atoms with Gasteiger partial charge in [-0.2, -0.15) is 0 Å². The van der Waals surface area contributed by atoms with Gasteiger partial charge in [0.25, 0.3) is 10.9 Å². The maximum absolute atomic E-state index is 12.0. The minimum absolute atomic E-state index is 0.538. The van der Waals surface area contributed by atoms with Crippen LogP contribution < -0.4 is 4.74 Å². The molecule has 0 aromatic carbocycles. The molecule has 1 heterocycles. The van der Waals surface area contributed by atoms with Crippen LogP contribution in [0.4, 0.5) is 18.9 Å². The van der Waals surface area contributed by atoms with Crippen molar-refractivity contribution < 1.29 is 27.6 Å². The van der Waals surface area contributed by atoms with E-state index in [0.717, 1.165) is 6.92 Å². The lowest BCUT2D eigenvalue weighted by molar-refractivity contribution is -0.385. The van der Waals surface area contributed by atoms with Gasteiger partial charge >= 0.3 is 6.36 Å². The van der Waals surface area contributed by atoms with E-state index in [1.54, 1.807) is 0 Å². The molecule has 0 spiro atoms. The van der Waals surface area contributed by atoms with Crippen molar-refractivity contribution in [2.75, 3.05) is 0 Å². The zero-order valence-corrected chi connectivity index (χ0v) is 9.37. The smallest absolute Gasteiger partial charge is 0.387 e. The summed E-state index contributed by atoms with van der Waals surface area (Å²) in [7, 11) is 0. The highest BCUT2D eigenvalue weighted by atomic mass is 35.5. The molecule has 1 rings (SSSR count). The van der Waals surface area contributed by atoms with Crippen LogP contribution in [0, 0.1) is 17.0 Å². The summed E-state index contributed by atoms with van der Waals surface area (Å²) in [5, 5.41) is 9.50. The number of ether oxygens (including phenoxy) is 1. The Kier molecular flexibility index (Phi) is 3.75. The van der Waals surface area contributed by atoms with Crippen LogP contribution >= 0.6 is 11.6 Å². The van der Waals surface area contributed by atoms with Gasteiger partial charge in [0.1, 0.15) is 5.56 Å². The van der Waals surface area contributed by atoms with Crippen LogP contribution in [-0.2, 0) is 0 Å². The van der Waals surface area contributed by atoms with Crippen LogP contribution in [-0.4, -0.2) is 21.5 Å². The van der Waals surface area contributed by atoms with Crippen LogP contribution in [0.2, 0.25) is 0 Å². The van der Waals surface area contributed by atoms with Gasteiger partial charge in [0.2, 0.25) is 5.88 Å². The van der Waals surface area contributed by atoms with E-state index < -0.39 is 39.2 Å². The third-order valence-corrected chi connectivity index (χ3v) is 2.05. The first-order chi connectivity index (χ1) is 8.13. The van der Waals surface area contributed by atoms with Crippen molar-refractivity contribution in [3.8, 4) is 5.88 Å². The lowest BCUT2D eigenvalue weighted by Gasteiger charge is -2.10. The molecular formula is C8H4ClF3N2O4. The zero-order chi connectivity index (χ0) is 14.1. The Balaban J connectivity index is 3.40. The van der Waals surface area contributed by atoms with Gasteiger partial charge in [0, 0.05) is 0 Å². The average Bonchev–Trinajstić information content (AvgIpc) is 2.17. The monoisotopic (exact) mass is 284 g/mol. The van der Waals surface area contributed by atoms with Crippen molar-refractivity contribution in [1.29, 1.82) is 0 Å². The van der Waals surface area contributed by atoms with Crippen LogP contribution in [0.15, 0.2) is 6.20 Å². The lowest BCUT2D eigenvalue weighted by Crippen LogP contribution is -2.19. The first-order valence-corrected chi connectivity index (χ1v) is 4.61. The molecule has 0 amide bonds. The van der Waals surface area contributed by atoms with E-state index in [0.29, 0.717) is 6.20 Å². The summed E-state index contributed by atoms with van der Waals surface area (Å²) < 4.78 is 39.5. The SMILES string of the molecule is Cc1c(OC(F)(F)F)ncc(C(=O)Cl)c1[N+](=O)[O-]. The molecule has 0 N–H and O–H groups in total. The Morgan fingerprint density at radius 3 is 2.50 bits per heavy atom.